The lowest BCUT2D eigenvalue weighted by Gasteiger charge is -2.06. The predicted octanol–water partition coefficient (Wildman–Crippen LogP) is 4.11. The average molecular weight is 356 g/mol. The first-order chi connectivity index (χ1) is 12.0. The number of anilines is 1. The summed E-state index contributed by atoms with van der Waals surface area (Å²) in [6.07, 6.45) is 0.328. The fourth-order valence-corrected chi connectivity index (χ4v) is 3.58. The number of aryl methyl sites for hydroxylation is 2. The van der Waals surface area contributed by atoms with Crippen molar-refractivity contribution in [1.82, 2.24) is 4.98 Å². The topological polar surface area (TPSA) is 60.5 Å². The molecule has 0 spiro atoms. The third-order valence-electron chi connectivity index (χ3n) is 3.99. The average Bonchev–Trinajstić information content (AvgIpc) is 2.96. The van der Waals surface area contributed by atoms with Crippen molar-refractivity contribution < 1.29 is 14.3 Å². The van der Waals surface area contributed by atoms with E-state index in [1.54, 1.807) is 14.2 Å². The second-order valence-electron chi connectivity index (χ2n) is 5.85. The van der Waals surface area contributed by atoms with Gasteiger partial charge >= 0.3 is 0 Å². The van der Waals surface area contributed by atoms with Crippen LogP contribution in [0.5, 0.6) is 11.5 Å². The number of hydrogen-bond acceptors (Lipinski definition) is 5. The van der Waals surface area contributed by atoms with Crippen LogP contribution in [0.2, 0.25) is 0 Å². The summed E-state index contributed by atoms with van der Waals surface area (Å²) in [5.74, 6) is 1.19. The number of fused-ring (bicyclic) bond motifs is 1. The van der Waals surface area contributed by atoms with Crippen molar-refractivity contribution in [2.75, 3.05) is 19.5 Å². The van der Waals surface area contributed by atoms with E-state index in [0.29, 0.717) is 23.1 Å². The molecule has 5 nitrogen and oxygen atoms in total. The van der Waals surface area contributed by atoms with E-state index in [4.69, 9.17) is 9.47 Å². The van der Waals surface area contributed by atoms with Gasteiger partial charge in [0.1, 0.15) is 0 Å². The van der Waals surface area contributed by atoms with Gasteiger partial charge in [0.2, 0.25) is 5.91 Å². The molecule has 3 rings (SSSR count). The minimum absolute atomic E-state index is 0.0788. The van der Waals surface area contributed by atoms with Crippen LogP contribution in [0.4, 0.5) is 5.13 Å². The largest absolute Gasteiger partial charge is 0.493 e. The highest BCUT2D eigenvalue weighted by molar-refractivity contribution is 7.22. The van der Waals surface area contributed by atoms with Crippen molar-refractivity contribution in [3.8, 4) is 11.5 Å². The number of aromatic nitrogens is 1. The van der Waals surface area contributed by atoms with E-state index in [1.165, 1.54) is 16.9 Å². The number of nitrogens with one attached hydrogen (secondary N) is 1. The van der Waals surface area contributed by atoms with E-state index in [-0.39, 0.29) is 5.91 Å². The normalized spacial score (nSPS) is 10.7. The molecule has 0 aliphatic heterocycles. The number of carbonyl (C=O) groups is 1. The molecule has 6 heteroatoms. The van der Waals surface area contributed by atoms with E-state index in [2.05, 4.69) is 16.4 Å². The van der Waals surface area contributed by atoms with Crippen molar-refractivity contribution in [1.29, 1.82) is 0 Å². The molecule has 0 aliphatic rings. The molecular formula is C19H20N2O3S. The van der Waals surface area contributed by atoms with Crippen molar-refractivity contribution >= 4 is 32.6 Å². The number of amides is 1. The zero-order chi connectivity index (χ0) is 18.0. The number of hydrogen-bond donors (Lipinski definition) is 1. The summed E-state index contributed by atoms with van der Waals surface area (Å²) in [7, 11) is 3.18. The van der Waals surface area contributed by atoms with Crippen LogP contribution in [0.1, 0.15) is 16.7 Å². The highest BCUT2D eigenvalue weighted by Crippen LogP contribution is 2.36. The standard InChI is InChI=1S/C19H20N2O3S/c1-11-5-6-13(12(2)7-11)8-18(22)21-19-20-14-9-15(23-3)16(24-4)10-17(14)25-19/h5-7,9-10H,8H2,1-4H3,(H,20,21,22). The molecule has 0 atom stereocenters. The molecule has 0 bridgehead atoms. The lowest BCUT2D eigenvalue weighted by Crippen LogP contribution is -2.14. The molecule has 3 aromatic rings. The second-order valence-corrected chi connectivity index (χ2v) is 6.88. The van der Waals surface area contributed by atoms with Crippen molar-refractivity contribution in [3.05, 3.63) is 47.0 Å². The van der Waals surface area contributed by atoms with Gasteiger partial charge < -0.3 is 14.8 Å². The van der Waals surface area contributed by atoms with Gasteiger partial charge in [-0.25, -0.2) is 4.98 Å². The number of methoxy groups -OCH3 is 2. The number of nitrogens with zero attached hydrogens (tertiary/aromatic N) is 1. The number of rotatable bonds is 5. The van der Waals surface area contributed by atoms with E-state index in [1.807, 2.05) is 38.1 Å². The van der Waals surface area contributed by atoms with Crippen LogP contribution in [-0.2, 0) is 11.2 Å². The summed E-state index contributed by atoms with van der Waals surface area (Å²) >= 11 is 1.41. The van der Waals surface area contributed by atoms with Crippen LogP contribution in [0.25, 0.3) is 10.2 Å². The van der Waals surface area contributed by atoms with Gasteiger partial charge in [-0.05, 0) is 25.0 Å². The first-order valence-corrected chi connectivity index (χ1v) is 8.70. The molecule has 0 unspecified atom stereocenters. The van der Waals surface area contributed by atoms with Crippen molar-refractivity contribution in [3.63, 3.8) is 0 Å². The third-order valence-corrected chi connectivity index (χ3v) is 4.92. The van der Waals surface area contributed by atoms with Gasteiger partial charge in [-0.2, -0.15) is 0 Å². The van der Waals surface area contributed by atoms with Gasteiger partial charge in [-0.15, -0.1) is 0 Å². The van der Waals surface area contributed by atoms with Crippen LogP contribution in [0.15, 0.2) is 30.3 Å². The predicted molar refractivity (Wildman–Crippen MR) is 101 cm³/mol. The molecule has 0 radical (unpaired) electrons. The lowest BCUT2D eigenvalue weighted by atomic mass is 10.0. The molecule has 1 amide bonds. The van der Waals surface area contributed by atoms with E-state index >= 15 is 0 Å². The van der Waals surface area contributed by atoms with Crippen LogP contribution < -0.4 is 14.8 Å². The maximum atomic E-state index is 12.3. The summed E-state index contributed by atoms with van der Waals surface area (Å²) in [6.45, 7) is 4.06. The summed E-state index contributed by atoms with van der Waals surface area (Å²) < 4.78 is 11.5. The smallest absolute Gasteiger partial charge is 0.230 e. The van der Waals surface area contributed by atoms with Crippen LogP contribution >= 0.6 is 11.3 Å². The van der Waals surface area contributed by atoms with Gasteiger partial charge in [0, 0.05) is 12.1 Å². The molecule has 0 aliphatic carbocycles. The summed E-state index contributed by atoms with van der Waals surface area (Å²) in [5, 5.41) is 3.45. The van der Waals surface area contributed by atoms with E-state index < -0.39 is 0 Å². The molecule has 0 saturated carbocycles. The molecule has 2 aromatic carbocycles. The van der Waals surface area contributed by atoms with Crippen LogP contribution in [0.3, 0.4) is 0 Å². The van der Waals surface area contributed by atoms with Crippen molar-refractivity contribution in [2.45, 2.75) is 20.3 Å². The Morgan fingerprint density at radius 2 is 1.84 bits per heavy atom. The molecular weight excluding hydrogens is 336 g/mol. The van der Waals surface area contributed by atoms with Gasteiger partial charge in [-0.1, -0.05) is 35.1 Å². The first kappa shape index (κ1) is 17.2. The van der Waals surface area contributed by atoms with Crippen LogP contribution in [0, 0.1) is 13.8 Å². The van der Waals surface area contributed by atoms with Gasteiger partial charge in [-0.3, -0.25) is 4.79 Å². The Balaban J connectivity index is 1.79. The Bertz CT molecular complexity index is 893. The van der Waals surface area contributed by atoms with Gasteiger partial charge in [0.25, 0.3) is 0 Å². The Labute approximate surface area is 150 Å². The molecule has 130 valence electrons. The molecule has 0 saturated heterocycles. The zero-order valence-electron chi connectivity index (χ0n) is 14.7. The second kappa shape index (κ2) is 7.11. The fourth-order valence-electron chi connectivity index (χ4n) is 2.69. The van der Waals surface area contributed by atoms with Crippen molar-refractivity contribution in [2.24, 2.45) is 0 Å². The molecule has 25 heavy (non-hydrogen) atoms. The van der Waals surface area contributed by atoms with E-state index in [9.17, 15) is 4.79 Å². The maximum absolute atomic E-state index is 12.3. The SMILES string of the molecule is COc1cc2nc(NC(=O)Cc3ccc(C)cc3C)sc2cc1OC. The number of carbonyl (C=O) groups excluding carboxylic acids is 1. The zero-order valence-corrected chi connectivity index (χ0v) is 15.5. The molecule has 1 aromatic heterocycles. The first-order valence-electron chi connectivity index (χ1n) is 7.88. The quantitative estimate of drug-likeness (QED) is 0.747. The fraction of sp³-hybridized carbons (Fsp3) is 0.263. The summed E-state index contributed by atoms with van der Waals surface area (Å²) in [4.78, 5) is 16.8. The number of thiazole rings is 1. The van der Waals surface area contributed by atoms with E-state index in [0.717, 1.165) is 21.3 Å². The molecule has 1 N–H and O–H groups in total. The Hall–Kier alpha value is -2.60. The van der Waals surface area contributed by atoms with Crippen LogP contribution in [-0.4, -0.2) is 25.1 Å². The third kappa shape index (κ3) is 3.74. The summed E-state index contributed by atoms with van der Waals surface area (Å²) in [6, 6.07) is 9.78. The Morgan fingerprint density at radius 3 is 2.52 bits per heavy atom. The van der Waals surface area contributed by atoms with Gasteiger partial charge in [0.15, 0.2) is 16.6 Å². The minimum atomic E-state index is -0.0788. The highest BCUT2D eigenvalue weighted by Gasteiger charge is 2.13. The van der Waals surface area contributed by atoms with Gasteiger partial charge in [0.05, 0.1) is 30.9 Å². The Kier molecular flexibility index (Phi) is 4.90. The monoisotopic (exact) mass is 356 g/mol. The number of ether oxygens (including phenoxy) is 2. The maximum Gasteiger partial charge on any atom is 0.230 e. The number of benzene rings is 2. The highest BCUT2D eigenvalue weighted by atomic mass is 32.1. The molecule has 0 fully saturated rings. The Morgan fingerprint density at radius 1 is 1.12 bits per heavy atom. The lowest BCUT2D eigenvalue weighted by molar-refractivity contribution is -0.115. The molecule has 1 heterocycles. The summed E-state index contributed by atoms with van der Waals surface area (Å²) in [5.41, 5.74) is 4.10. The minimum Gasteiger partial charge on any atom is -0.493 e.